The number of carbonyl (C=O) groups excluding carboxylic acids is 1. The van der Waals surface area contributed by atoms with Gasteiger partial charge in [0.25, 0.3) is 5.91 Å². The van der Waals surface area contributed by atoms with Gasteiger partial charge < -0.3 is 24.5 Å². The van der Waals surface area contributed by atoms with Gasteiger partial charge in [0.15, 0.2) is 0 Å². The van der Waals surface area contributed by atoms with E-state index in [1.807, 2.05) is 18.2 Å². The highest BCUT2D eigenvalue weighted by Crippen LogP contribution is 2.40. The predicted molar refractivity (Wildman–Crippen MR) is 175 cm³/mol. The van der Waals surface area contributed by atoms with E-state index in [0.29, 0.717) is 25.6 Å². The van der Waals surface area contributed by atoms with E-state index < -0.39 is 8.07 Å². The Morgan fingerprint density at radius 1 is 1.17 bits per heavy atom. The molecule has 10 heteroatoms. The van der Waals surface area contributed by atoms with Gasteiger partial charge in [0.05, 0.1) is 17.8 Å². The Balaban J connectivity index is 1.75. The van der Waals surface area contributed by atoms with Crippen LogP contribution >= 0.6 is 0 Å². The second-order valence-electron chi connectivity index (χ2n) is 14.2. The Morgan fingerprint density at radius 3 is 2.60 bits per heavy atom. The number of aliphatic hydroxyl groups is 1. The molecule has 42 heavy (non-hydrogen) atoms. The van der Waals surface area contributed by atoms with E-state index in [1.165, 1.54) is 11.3 Å². The second-order valence-corrected chi connectivity index (χ2v) is 22.8. The SMILES string of the molecule is CC(CO)NC(=O)c1ccc2cc(-c3nn(COCC[Si](C)(C)C)c4c3CCC(C)(C)C4)n(COCC[Si](C)C)c2c1. The number of benzene rings is 1. The first kappa shape index (κ1) is 32.7. The van der Waals surface area contributed by atoms with Gasteiger partial charge in [-0.05, 0) is 61.9 Å². The average Bonchev–Trinajstić information content (AvgIpc) is 3.44. The number of aromatic nitrogens is 3. The molecule has 0 aliphatic heterocycles. The minimum absolute atomic E-state index is 0.104. The Bertz CT molecular complexity index is 1370. The average molecular weight is 612 g/mol. The fourth-order valence-corrected chi connectivity index (χ4v) is 6.67. The smallest absolute Gasteiger partial charge is 0.251 e. The lowest BCUT2D eigenvalue weighted by Crippen LogP contribution is -2.34. The van der Waals surface area contributed by atoms with Crippen molar-refractivity contribution in [3.8, 4) is 11.4 Å². The predicted octanol–water partition coefficient (Wildman–Crippen LogP) is 6.17. The minimum atomic E-state index is -1.18. The summed E-state index contributed by atoms with van der Waals surface area (Å²) in [6.45, 7) is 20.4. The molecule has 8 nitrogen and oxygen atoms in total. The molecule has 1 aromatic carbocycles. The van der Waals surface area contributed by atoms with Gasteiger partial charge in [0.2, 0.25) is 0 Å². The summed E-state index contributed by atoms with van der Waals surface area (Å²) in [4.78, 5) is 12.9. The van der Waals surface area contributed by atoms with Gasteiger partial charge in [-0.1, -0.05) is 52.6 Å². The van der Waals surface area contributed by atoms with Crippen LogP contribution in [0.2, 0.25) is 44.8 Å². The lowest BCUT2D eigenvalue weighted by atomic mass is 9.76. The highest BCUT2D eigenvalue weighted by Gasteiger charge is 2.32. The molecular formula is C32H51N4O4Si2. The van der Waals surface area contributed by atoms with Crippen LogP contribution in [-0.2, 0) is 35.8 Å². The van der Waals surface area contributed by atoms with Crippen molar-refractivity contribution in [3.05, 3.63) is 41.1 Å². The van der Waals surface area contributed by atoms with Crippen molar-refractivity contribution in [2.45, 2.75) is 104 Å². The van der Waals surface area contributed by atoms with Crippen LogP contribution in [-0.4, -0.2) is 68.1 Å². The number of aliphatic hydroxyl groups excluding tert-OH is 1. The normalized spacial score (nSPS) is 15.8. The molecule has 1 aliphatic rings. The molecule has 0 saturated carbocycles. The van der Waals surface area contributed by atoms with Crippen LogP contribution in [0.5, 0.6) is 0 Å². The van der Waals surface area contributed by atoms with E-state index in [-0.39, 0.29) is 32.8 Å². The lowest BCUT2D eigenvalue weighted by Gasteiger charge is -2.30. The highest BCUT2D eigenvalue weighted by molar-refractivity contribution is 6.76. The molecule has 0 saturated heterocycles. The van der Waals surface area contributed by atoms with E-state index in [2.05, 4.69) is 67.2 Å². The number of fused-ring (bicyclic) bond motifs is 2. The van der Waals surface area contributed by atoms with Gasteiger partial charge in [-0.2, -0.15) is 5.10 Å². The molecule has 3 aromatic rings. The van der Waals surface area contributed by atoms with Crippen LogP contribution in [0.15, 0.2) is 24.3 Å². The van der Waals surface area contributed by atoms with E-state index in [9.17, 15) is 9.90 Å². The summed E-state index contributed by atoms with van der Waals surface area (Å²) < 4.78 is 16.7. The van der Waals surface area contributed by atoms with Crippen LogP contribution in [0.3, 0.4) is 0 Å². The fraction of sp³-hybridized carbons (Fsp3) is 0.625. The van der Waals surface area contributed by atoms with Gasteiger partial charge in [-0.15, -0.1) is 0 Å². The first-order valence-electron chi connectivity index (χ1n) is 15.4. The zero-order valence-corrected chi connectivity index (χ0v) is 29.0. The topological polar surface area (TPSA) is 90.5 Å². The van der Waals surface area contributed by atoms with Gasteiger partial charge in [0.1, 0.15) is 19.2 Å². The maximum Gasteiger partial charge on any atom is 0.251 e. The fourth-order valence-electron chi connectivity index (χ4n) is 5.36. The third-order valence-electron chi connectivity index (χ3n) is 8.10. The lowest BCUT2D eigenvalue weighted by molar-refractivity contribution is 0.0747. The number of amides is 1. The van der Waals surface area contributed by atoms with Crippen molar-refractivity contribution < 1.29 is 19.4 Å². The molecule has 1 unspecified atom stereocenters. The number of nitrogens with one attached hydrogen (secondary N) is 1. The maximum absolute atomic E-state index is 12.9. The van der Waals surface area contributed by atoms with Crippen LogP contribution in [0, 0.1) is 5.41 Å². The Hall–Kier alpha value is -2.25. The first-order valence-corrected chi connectivity index (χ1v) is 21.8. The summed E-state index contributed by atoms with van der Waals surface area (Å²) in [5, 5.41) is 18.5. The van der Waals surface area contributed by atoms with Crippen molar-refractivity contribution in [2.75, 3.05) is 19.8 Å². The number of nitrogens with zero attached hydrogens (tertiary/aromatic N) is 3. The molecule has 2 heterocycles. The van der Waals surface area contributed by atoms with Crippen LogP contribution in [0.25, 0.3) is 22.3 Å². The molecule has 1 atom stereocenters. The van der Waals surface area contributed by atoms with Gasteiger partial charge in [0, 0.05) is 58.3 Å². The zero-order chi connectivity index (χ0) is 30.7. The second kappa shape index (κ2) is 13.6. The van der Waals surface area contributed by atoms with Gasteiger partial charge in [-0.3, -0.25) is 4.79 Å². The Morgan fingerprint density at radius 2 is 1.90 bits per heavy atom. The minimum Gasteiger partial charge on any atom is -0.394 e. The van der Waals surface area contributed by atoms with Crippen LogP contribution in [0.1, 0.15) is 48.8 Å². The summed E-state index contributed by atoms with van der Waals surface area (Å²) in [5.41, 5.74) is 6.30. The maximum atomic E-state index is 12.9. The zero-order valence-electron chi connectivity index (χ0n) is 27.0. The highest BCUT2D eigenvalue weighted by atomic mass is 28.3. The standard InChI is InChI=1S/C32H51N4O4Si2/c1-23(20-37)33-31(38)25-10-9-24-17-28(35(27(24)18-25)21-39-13-15-41(4)5)30-26-11-12-32(2,3)19-29(26)36(34-30)22-40-14-16-42(6,7)8/h9-10,17-18,23,37H,11-16,19-22H2,1-8H3,(H,33,38). The molecule has 0 spiro atoms. The number of hydrogen-bond donors (Lipinski definition) is 2. The molecule has 0 bridgehead atoms. The summed E-state index contributed by atoms with van der Waals surface area (Å²) in [6, 6.07) is 9.87. The molecule has 1 radical (unpaired) electrons. The Kier molecular flexibility index (Phi) is 10.6. The van der Waals surface area contributed by atoms with E-state index >= 15 is 0 Å². The van der Waals surface area contributed by atoms with Gasteiger partial charge in [-0.25, -0.2) is 4.68 Å². The number of ether oxygens (including phenoxy) is 2. The van der Waals surface area contributed by atoms with E-state index in [0.717, 1.165) is 60.2 Å². The molecule has 1 amide bonds. The van der Waals surface area contributed by atoms with Crippen molar-refractivity contribution in [1.82, 2.24) is 19.7 Å². The summed E-state index contributed by atoms with van der Waals surface area (Å²) in [5.74, 6) is -0.197. The third kappa shape index (κ3) is 8.22. The van der Waals surface area contributed by atoms with E-state index in [1.54, 1.807) is 6.92 Å². The molecule has 0 fully saturated rings. The van der Waals surface area contributed by atoms with Crippen molar-refractivity contribution >= 4 is 33.7 Å². The summed E-state index contributed by atoms with van der Waals surface area (Å²) >= 11 is 0. The van der Waals surface area contributed by atoms with Crippen molar-refractivity contribution in [1.29, 1.82) is 0 Å². The Labute approximate surface area is 254 Å². The third-order valence-corrected chi connectivity index (χ3v) is 11.0. The molecule has 4 rings (SSSR count). The molecule has 2 aromatic heterocycles. The first-order chi connectivity index (χ1) is 19.8. The van der Waals surface area contributed by atoms with Gasteiger partial charge >= 0.3 is 0 Å². The monoisotopic (exact) mass is 611 g/mol. The molecule has 1 aliphatic carbocycles. The number of hydrogen-bond acceptors (Lipinski definition) is 5. The summed E-state index contributed by atoms with van der Waals surface area (Å²) in [7, 11) is -1.56. The largest absolute Gasteiger partial charge is 0.394 e. The number of rotatable bonds is 14. The van der Waals surface area contributed by atoms with Crippen molar-refractivity contribution in [3.63, 3.8) is 0 Å². The van der Waals surface area contributed by atoms with E-state index in [4.69, 9.17) is 14.6 Å². The summed E-state index contributed by atoms with van der Waals surface area (Å²) in [6.07, 6.45) is 3.05. The van der Waals surface area contributed by atoms with Crippen LogP contribution in [0.4, 0.5) is 0 Å². The molecule has 231 valence electrons. The van der Waals surface area contributed by atoms with Crippen molar-refractivity contribution in [2.24, 2.45) is 5.41 Å². The molecule has 2 N–H and O–H groups in total. The number of carbonyl (C=O) groups is 1. The van der Waals surface area contributed by atoms with Crippen LogP contribution < -0.4 is 5.32 Å². The quantitative estimate of drug-likeness (QED) is 0.168. The molecular weight excluding hydrogens is 561 g/mol.